The first-order valence-electron chi connectivity index (χ1n) is 6.55. The fraction of sp³-hybridized carbons (Fsp3) is 0.571. The second-order valence-electron chi connectivity index (χ2n) is 5.10. The topological polar surface area (TPSA) is 21.3 Å². The molecule has 1 saturated carbocycles. The first-order valence-corrected chi connectivity index (χ1v) is 6.55. The average Bonchev–Trinajstić information content (AvgIpc) is 2.41. The second kappa shape index (κ2) is 4.59. The van der Waals surface area contributed by atoms with E-state index in [4.69, 9.17) is 4.74 Å². The number of ether oxygens (including phenoxy) is 1. The summed E-state index contributed by atoms with van der Waals surface area (Å²) in [6.07, 6.45) is 3.77. The van der Waals surface area contributed by atoms with Crippen LogP contribution in [0.1, 0.15) is 31.2 Å². The largest absolute Gasteiger partial charge is 0.375 e. The molecule has 2 unspecified atom stereocenters. The van der Waals surface area contributed by atoms with Crippen molar-refractivity contribution in [3.63, 3.8) is 0 Å². The van der Waals surface area contributed by atoms with Crippen LogP contribution in [0.5, 0.6) is 0 Å². The van der Waals surface area contributed by atoms with E-state index in [1.54, 1.807) is 12.1 Å². The molecule has 2 atom stereocenters. The molecule has 0 aromatic heterocycles. The quantitative estimate of drug-likeness (QED) is 0.831. The van der Waals surface area contributed by atoms with Crippen molar-refractivity contribution in [2.45, 2.75) is 37.3 Å². The van der Waals surface area contributed by atoms with Crippen LogP contribution in [-0.2, 0) is 10.3 Å². The average molecular weight is 253 g/mol. The molecule has 1 aliphatic heterocycles. The van der Waals surface area contributed by atoms with E-state index < -0.39 is 17.2 Å². The van der Waals surface area contributed by atoms with Gasteiger partial charge in [-0.3, -0.25) is 0 Å². The van der Waals surface area contributed by atoms with Crippen LogP contribution in [0, 0.1) is 11.6 Å². The highest BCUT2D eigenvalue weighted by Crippen LogP contribution is 2.41. The molecule has 1 aromatic carbocycles. The number of hydrogen-bond donors (Lipinski definition) is 1. The van der Waals surface area contributed by atoms with Crippen LogP contribution in [-0.4, -0.2) is 19.3 Å². The summed E-state index contributed by atoms with van der Waals surface area (Å²) in [5.74, 6) is -1.51. The maximum Gasteiger partial charge on any atom is 0.163 e. The molecule has 1 saturated heterocycles. The zero-order chi connectivity index (χ0) is 12.6. The van der Waals surface area contributed by atoms with Crippen molar-refractivity contribution in [1.29, 1.82) is 0 Å². The second-order valence-corrected chi connectivity index (χ2v) is 5.10. The Morgan fingerprint density at radius 3 is 3.06 bits per heavy atom. The molecule has 2 nitrogen and oxygen atoms in total. The van der Waals surface area contributed by atoms with Crippen molar-refractivity contribution in [2.75, 3.05) is 13.2 Å². The molecule has 1 aliphatic carbocycles. The normalized spacial score (nSPS) is 32.0. The Morgan fingerprint density at radius 2 is 2.17 bits per heavy atom. The Morgan fingerprint density at radius 1 is 1.28 bits per heavy atom. The van der Waals surface area contributed by atoms with Gasteiger partial charge in [-0.1, -0.05) is 25.0 Å². The summed E-state index contributed by atoms with van der Waals surface area (Å²) in [7, 11) is 0. The standard InChI is InChI=1S/C14H17F2NO/c15-11-5-3-4-10(13(11)16)14-7-2-1-6-12(14)18-9-8-17-14/h3-5,12,17H,1-2,6-9H2. The van der Waals surface area contributed by atoms with Crippen molar-refractivity contribution in [2.24, 2.45) is 0 Å². The number of morpholine rings is 1. The van der Waals surface area contributed by atoms with Gasteiger partial charge in [0.05, 0.1) is 18.2 Å². The number of benzene rings is 1. The van der Waals surface area contributed by atoms with Gasteiger partial charge in [0.2, 0.25) is 0 Å². The molecule has 2 fully saturated rings. The smallest absolute Gasteiger partial charge is 0.163 e. The van der Waals surface area contributed by atoms with Crippen LogP contribution in [0.25, 0.3) is 0 Å². The number of halogens is 2. The molecule has 1 N–H and O–H groups in total. The molecule has 0 radical (unpaired) electrons. The molecule has 1 aromatic rings. The van der Waals surface area contributed by atoms with Gasteiger partial charge in [-0.25, -0.2) is 8.78 Å². The molecular weight excluding hydrogens is 236 g/mol. The van der Waals surface area contributed by atoms with E-state index in [1.165, 1.54) is 0 Å². The number of nitrogens with one attached hydrogen (secondary N) is 1. The molecule has 3 rings (SSSR count). The van der Waals surface area contributed by atoms with E-state index in [0.29, 0.717) is 18.7 Å². The minimum absolute atomic E-state index is 0.0451. The summed E-state index contributed by atoms with van der Waals surface area (Å²) in [5, 5.41) is 3.39. The van der Waals surface area contributed by atoms with Crippen molar-refractivity contribution in [3.8, 4) is 0 Å². The SMILES string of the molecule is Fc1cccc(C23CCCCC2OCCN3)c1F. The van der Waals surface area contributed by atoms with Gasteiger partial charge in [-0.2, -0.15) is 0 Å². The van der Waals surface area contributed by atoms with Crippen molar-refractivity contribution in [3.05, 3.63) is 35.4 Å². The van der Waals surface area contributed by atoms with Crippen LogP contribution in [0.4, 0.5) is 8.78 Å². The third-order valence-corrected chi connectivity index (χ3v) is 4.13. The number of rotatable bonds is 1. The van der Waals surface area contributed by atoms with Crippen molar-refractivity contribution >= 4 is 0 Å². The van der Waals surface area contributed by atoms with Gasteiger partial charge >= 0.3 is 0 Å². The first kappa shape index (κ1) is 12.1. The zero-order valence-corrected chi connectivity index (χ0v) is 10.2. The predicted molar refractivity (Wildman–Crippen MR) is 64.2 cm³/mol. The molecule has 0 amide bonds. The highest BCUT2D eigenvalue weighted by Gasteiger charge is 2.46. The molecule has 0 spiro atoms. The summed E-state index contributed by atoms with van der Waals surface area (Å²) in [6, 6.07) is 4.42. The van der Waals surface area contributed by atoms with Gasteiger partial charge in [-0.15, -0.1) is 0 Å². The van der Waals surface area contributed by atoms with Crippen molar-refractivity contribution < 1.29 is 13.5 Å². The van der Waals surface area contributed by atoms with Gasteiger partial charge < -0.3 is 10.1 Å². The van der Waals surface area contributed by atoms with E-state index >= 15 is 0 Å². The fourth-order valence-corrected chi connectivity index (χ4v) is 3.30. The minimum atomic E-state index is -0.779. The van der Waals surface area contributed by atoms with Crippen LogP contribution in [0.15, 0.2) is 18.2 Å². The Balaban J connectivity index is 2.07. The third-order valence-electron chi connectivity index (χ3n) is 4.13. The zero-order valence-electron chi connectivity index (χ0n) is 10.2. The Labute approximate surface area is 105 Å². The van der Waals surface area contributed by atoms with Crippen LogP contribution in [0.3, 0.4) is 0 Å². The molecular formula is C14H17F2NO. The van der Waals surface area contributed by atoms with Gasteiger partial charge in [0.15, 0.2) is 11.6 Å². The van der Waals surface area contributed by atoms with Gasteiger partial charge in [0.1, 0.15) is 0 Å². The molecule has 4 heteroatoms. The van der Waals surface area contributed by atoms with E-state index in [9.17, 15) is 8.78 Å². The van der Waals surface area contributed by atoms with E-state index in [-0.39, 0.29) is 6.10 Å². The highest BCUT2D eigenvalue weighted by atomic mass is 19.2. The molecule has 98 valence electrons. The van der Waals surface area contributed by atoms with Gasteiger partial charge in [0, 0.05) is 12.1 Å². The van der Waals surface area contributed by atoms with Gasteiger partial charge in [0.25, 0.3) is 0 Å². The molecule has 0 bridgehead atoms. The first-order chi connectivity index (χ1) is 8.74. The van der Waals surface area contributed by atoms with E-state index in [2.05, 4.69) is 5.32 Å². The monoisotopic (exact) mass is 253 g/mol. The summed E-state index contributed by atoms with van der Waals surface area (Å²) in [6.45, 7) is 1.33. The van der Waals surface area contributed by atoms with Crippen LogP contribution in [0.2, 0.25) is 0 Å². The van der Waals surface area contributed by atoms with Crippen molar-refractivity contribution in [1.82, 2.24) is 5.32 Å². The Kier molecular flexibility index (Phi) is 3.08. The summed E-state index contributed by atoms with van der Waals surface area (Å²) in [4.78, 5) is 0. The van der Waals surface area contributed by atoms with E-state index in [1.807, 2.05) is 0 Å². The lowest BCUT2D eigenvalue weighted by atomic mass is 9.73. The Bertz CT molecular complexity index is 437. The molecule has 2 aliphatic rings. The highest BCUT2D eigenvalue weighted by molar-refractivity contribution is 5.30. The summed E-state index contributed by atoms with van der Waals surface area (Å²) in [5.41, 5.74) is -0.116. The lowest BCUT2D eigenvalue weighted by Gasteiger charge is -2.48. The lowest BCUT2D eigenvalue weighted by molar-refractivity contribution is -0.0770. The number of hydrogen-bond acceptors (Lipinski definition) is 2. The molecule has 18 heavy (non-hydrogen) atoms. The van der Waals surface area contributed by atoms with E-state index in [0.717, 1.165) is 31.7 Å². The lowest BCUT2D eigenvalue weighted by Crippen LogP contribution is -2.59. The minimum Gasteiger partial charge on any atom is -0.375 e. The van der Waals surface area contributed by atoms with Crippen LogP contribution < -0.4 is 5.32 Å². The number of fused-ring (bicyclic) bond motifs is 1. The fourth-order valence-electron chi connectivity index (χ4n) is 3.30. The Hall–Kier alpha value is -1.00. The summed E-state index contributed by atoms with van der Waals surface area (Å²) >= 11 is 0. The third kappa shape index (κ3) is 1.75. The maximum absolute atomic E-state index is 14.1. The van der Waals surface area contributed by atoms with Crippen LogP contribution >= 0.6 is 0 Å². The molecule has 1 heterocycles. The summed E-state index contributed by atoms with van der Waals surface area (Å²) < 4.78 is 33.3. The van der Waals surface area contributed by atoms with Gasteiger partial charge in [-0.05, 0) is 18.9 Å². The predicted octanol–water partition coefficient (Wildman–Crippen LogP) is 2.72. The maximum atomic E-state index is 14.1.